The minimum absolute atomic E-state index is 0.686. The number of aromatic nitrogens is 1. The Hall–Kier alpha value is -5.67. The number of pyridine rings is 1. The number of rotatable bonds is 6. The van der Waals surface area contributed by atoms with E-state index in [-0.39, 0.29) is 0 Å². The molecular formula is C42H33N3. The molecule has 0 saturated heterocycles. The highest BCUT2D eigenvalue weighted by atomic mass is 14.9. The second kappa shape index (κ2) is 12.5. The van der Waals surface area contributed by atoms with Crippen LogP contribution in [-0.4, -0.2) is 16.5 Å². The topological polar surface area (TPSA) is 37.6 Å². The normalized spacial score (nSPS) is 13.0. The predicted octanol–water partition coefficient (Wildman–Crippen LogP) is 10.4. The average molecular weight is 580 g/mol. The van der Waals surface area contributed by atoms with Crippen LogP contribution in [0.15, 0.2) is 162 Å². The van der Waals surface area contributed by atoms with Gasteiger partial charge in [0.15, 0.2) is 5.84 Å². The molecule has 0 amide bonds. The molecule has 0 spiro atoms. The van der Waals surface area contributed by atoms with Gasteiger partial charge < -0.3 is 0 Å². The smallest absolute Gasteiger partial charge is 0.160 e. The van der Waals surface area contributed by atoms with E-state index in [4.69, 9.17) is 15.0 Å². The Morgan fingerprint density at radius 3 is 1.67 bits per heavy atom. The van der Waals surface area contributed by atoms with Gasteiger partial charge in [-0.15, -0.1) is 0 Å². The maximum absolute atomic E-state index is 5.15. The van der Waals surface area contributed by atoms with Crippen LogP contribution in [0.4, 0.5) is 0 Å². The van der Waals surface area contributed by atoms with Crippen LogP contribution in [0.1, 0.15) is 34.5 Å². The van der Waals surface area contributed by atoms with Crippen molar-refractivity contribution in [2.45, 2.75) is 20.3 Å². The molecular weight excluding hydrogens is 546 g/mol. The molecule has 0 atom stereocenters. The zero-order valence-corrected chi connectivity index (χ0v) is 25.5. The predicted molar refractivity (Wildman–Crippen MR) is 189 cm³/mol. The number of aryl methyl sites for hydroxylation is 2. The van der Waals surface area contributed by atoms with E-state index < -0.39 is 0 Å². The van der Waals surface area contributed by atoms with E-state index in [9.17, 15) is 0 Å². The van der Waals surface area contributed by atoms with Crippen LogP contribution in [0.3, 0.4) is 0 Å². The van der Waals surface area contributed by atoms with Crippen molar-refractivity contribution in [2.75, 3.05) is 0 Å². The molecule has 7 rings (SSSR count). The summed E-state index contributed by atoms with van der Waals surface area (Å²) in [6, 6.07) is 51.1. The third-order valence-electron chi connectivity index (χ3n) is 8.23. The maximum Gasteiger partial charge on any atom is 0.160 e. The molecule has 216 valence electrons. The van der Waals surface area contributed by atoms with E-state index in [0.29, 0.717) is 12.3 Å². The summed E-state index contributed by atoms with van der Waals surface area (Å²) in [5.74, 6) is 0.701. The van der Waals surface area contributed by atoms with Gasteiger partial charge in [0.25, 0.3) is 0 Å². The highest BCUT2D eigenvalue weighted by Crippen LogP contribution is 2.36. The average Bonchev–Trinajstić information content (AvgIpc) is 3.33. The van der Waals surface area contributed by atoms with Crippen LogP contribution in [0.5, 0.6) is 0 Å². The van der Waals surface area contributed by atoms with E-state index in [1.54, 1.807) is 0 Å². The van der Waals surface area contributed by atoms with Gasteiger partial charge >= 0.3 is 0 Å². The molecule has 0 bridgehead atoms. The minimum Gasteiger partial charge on any atom is -0.258 e. The molecule has 3 nitrogen and oxygen atoms in total. The largest absolute Gasteiger partial charge is 0.258 e. The third kappa shape index (κ3) is 6.07. The van der Waals surface area contributed by atoms with Crippen molar-refractivity contribution in [3.63, 3.8) is 0 Å². The Morgan fingerprint density at radius 1 is 0.444 bits per heavy atom. The molecule has 3 heteroatoms. The number of amidine groups is 1. The van der Waals surface area contributed by atoms with Crippen LogP contribution in [0, 0.1) is 13.8 Å². The molecule has 2 heterocycles. The van der Waals surface area contributed by atoms with Gasteiger partial charge in [-0.2, -0.15) is 0 Å². The van der Waals surface area contributed by atoms with Crippen LogP contribution in [0.2, 0.25) is 0 Å². The van der Waals surface area contributed by atoms with Crippen LogP contribution in [0.25, 0.3) is 39.1 Å². The molecule has 6 aromatic rings. The molecule has 1 aliphatic rings. The van der Waals surface area contributed by atoms with Gasteiger partial charge in [-0.3, -0.25) is 4.98 Å². The van der Waals surface area contributed by atoms with E-state index in [1.807, 2.05) is 26.0 Å². The molecule has 0 unspecified atom stereocenters. The first kappa shape index (κ1) is 28.1. The standard InChI is InChI=1S/C42H33N3/c1-29-18-24-37(30(2)43-29)41-27-26-40(34-16-10-5-11-17-34)44-42(45-41)35-21-19-33(20-22-35)38-25-23-36(31-12-6-3-7-13-31)28-39(38)32-14-8-4-9-15-32/h3-25,27-28H,26H2,1-2H3. The second-order valence-electron chi connectivity index (χ2n) is 11.3. The molecule has 45 heavy (non-hydrogen) atoms. The van der Waals surface area contributed by atoms with Crippen LogP contribution < -0.4 is 0 Å². The molecule has 5 aromatic carbocycles. The summed E-state index contributed by atoms with van der Waals surface area (Å²) >= 11 is 0. The Labute approximate surface area is 265 Å². The number of aliphatic imine (C=N–C) groups is 2. The summed E-state index contributed by atoms with van der Waals surface area (Å²) < 4.78 is 0. The van der Waals surface area contributed by atoms with Crippen molar-refractivity contribution in [3.8, 4) is 33.4 Å². The molecule has 0 aliphatic carbocycles. The lowest BCUT2D eigenvalue weighted by atomic mass is 9.91. The summed E-state index contributed by atoms with van der Waals surface area (Å²) in [5, 5.41) is 0. The Kier molecular flexibility index (Phi) is 7.82. The van der Waals surface area contributed by atoms with Crippen molar-refractivity contribution < 1.29 is 0 Å². The second-order valence-corrected chi connectivity index (χ2v) is 11.3. The SMILES string of the molecule is Cc1ccc(C2=CCC(c3ccccc3)=NC(c3ccc(-c4ccc(-c5ccccc5)cc4-c4ccccc4)cc3)=N2)c(C)n1. The van der Waals surface area contributed by atoms with Gasteiger partial charge in [0.1, 0.15) is 0 Å². The maximum atomic E-state index is 5.15. The zero-order chi connectivity index (χ0) is 30.6. The molecule has 0 saturated carbocycles. The molecule has 0 N–H and O–H groups in total. The lowest BCUT2D eigenvalue weighted by molar-refractivity contribution is 1.11. The van der Waals surface area contributed by atoms with Gasteiger partial charge in [0, 0.05) is 28.9 Å². The van der Waals surface area contributed by atoms with E-state index >= 15 is 0 Å². The molecule has 0 fully saturated rings. The van der Waals surface area contributed by atoms with Gasteiger partial charge in [-0.25, -0.2) is 9.98 Å². The zero-order valence-electron chi connectivity index (χ0n) is 25.5. The first-order valence-electron chi connectivity index (χ1n) is 15.3. The lowest BCUT2D eigenvalue weighted by Gasteiger charge is -2.14. The fourth-order valence-electron chi connectivity index (χ4n) is 5.88. The molecule has 0 radical (unpaired) electrons. The Bertz CT molecular complexity index is 2050. The first-order chi connectivity index (χ1) is 22.1. The number of benzene rings is 5. The molecule has 1 aliphatic heterocycles. The summed E-state index contributed by atoms with van der Waals surface area (Å²) in [4.78, 5) is 15.0. The van der Waals surface area contributed by atoms with E-state index in [2.05, 4.69) is 140 Å². The van der Waals surface area contributed by atoms with Gasteiger partial charge in [0.2, 0.25) is 0 Å². The van der Waals surface area contributed by atoms with Crippen LogP contribution in [-0.2, 0) is 0 Å². The number of nitrogens with zero attached hydrogens (tertiary/aromatic N) is 3. The summed E-state index contributed by atoms with van der Waals surface area (Å²) in [5.41, 5.74) is 14.1. The van der Waals surface area contributed by atoms with E-state index in [1.165, 1.54) is 27.8 Å². The Balaban J connectivity index is 1.30. The van der Waals surface area contributed by atoms with Crippen molar-refractivity contribution in [1.82, 2.24) is 4.98 Å². The summed E-state index contributed by atoms with van der Waals surface area (Å²) in [6.07, 6.45) is 2.86. The Morgan fingerprint density at radius 2 is 1.00 bits per heavy atom. The highest BCUT2D eigenvalue weighted by Gasteiger charge is 2.16. The van der Waals surface area contributed by atoms with Crippen molar-refractivity contribution >= 4 is 17.2 Å². The summed E-state index contributed by atoms with van der Waals surface area (Å²) in [6.45, 7) is 4.06. The first-order valence-corrected chi connectivity index (χ1v) is 15.3. The fraction of sp³-hybridized carbons (Fsp3) is 0.0714. The number of allylic oxidation sites excluding steroid dienone is 1. The third-order valence-corrected chi connectivity index (χ3v) is 8.23. The monoisotopic (exact) mass is 579 g/mol. The van der Waals surface area contributed by atoms with Crippen molar-refractivity contribution in [2.24, 2.45) is 9.98 Å². The van der Waals surface area contributed by atoms with Gasteiger partial charge in [-0.1, -0.05) is 133 Å². The highest BCUT2D eigenvalue weighted by molar-refractivity contribution is 6.15. The minimum atomic E-state index is 0.686. The van der Waals surface area contributed by atoms with Crippen LogP contribution >= 0.6 is 0 Å². The fourth-order valence-corrected chi connectivity index (χ4v) is 5.88. The van der Waals surface area contributed by atoms with Gasteiger partial charge in [-0.05, 0) is 71.0 Å². The van der Waals surface area contributed by atoms with E-state index in [0.717, 1.165) is 45.1 Å². The summed E-state index contributed by atoms with van der Waals surface area (Å²) in [7, 11) is 0. The lowest BCUT2D eigenvalue weighted by Crippen LogP contribution is -2.05. The molecule has 1 aromatic heterocycles. The van der Waals surface area contributed by atoms with Crippen molar-refractivity contribution in [1.29, 1.82) is 0 Å². The quantitative estimate of drug-likeness (QED) is 0.193. The number of hydrogen-bond acceptors (Lipinski definition) is 3. The number of hydrogen-bond donors (Lipinski definition) is 0. The van der Waals surface area contributed by atoms with Gasteiger partial charge in [0.05, 0.1) is 11.4 Å². The van der Waals surface area contributed by atoms with Crippen molar-refractivity contribution in [3.05, 3.63) is 180 Å².